The first-order chi connectivity index (χ1) is 23.4. The Hall–Kier alpha value is -2.25. The Morgan fingerprint density at radius 2 is 1.61 bits per heavy atom. The first kappa shape index (κ1) is 44.8. The van der Waals surface area contributed by atoms with Crippen LogP contribution in [0.5, 0.6) is 0 Å². The predicted molar refractivity (Wildman–Crippen MR) is 178 cm³/mol. The van der Waals surface area contributed by atoms with Gasteiger partial charge in [-0.1, -0.05) is 25.7 Å². The van der Waals surface area contributed by atoms with Gasteiger partial charge < -0.3 is 55.9 Å². The smallest absolute Gasteiger partial charge is 0.394 e. The van der Waals surface area contributed by atoms with Crippen LogP contribution in [0.4, 0.5) is 0 Å². The lowest BCUT2D eigenvalue weighted by Crippen LogP contribution is -2.53. The largest absolute Gasteiger partial charge is 0.400 e. The van der Waals surface area contributed by atoms with Crippen molar-refractivity contribution >= 4 is 32.4 Å². The number of carbonyl (C=O) groups excluding carboxylic acids is 4. The van der Waals surface area contributed by atoms with Gasteiger partial charge in [-0.2, -0.15) is 0 Å². The highest BCUT2D eigenvalue weighted by Gasteiger charge is 2.35. The zero-order valence-electron chi connectivity index (χ0n) is 28.4. The quantitative estimate of drug-likeness (QED) is 0.0242. The van der Waals surface area contributed by atoms with Crippen LogP contribution in [-0.2, 0) is 37.7 Å². The summed E-state index contributed by atoms with van der Waals surface area (Å²) in [4.78, 5) is 58.9. The summed E-state index contributed by atoms with van der Waals surface area (Å²) in [6.45, 7) is 1.52. The van der Waals surface area contributed by atoms with Crippen molar-refractivity contribution in [3.05, 3.63) is 0 Å². The summed E-state index contributed by atoms with van der Waals surface area (Å²) >= 11 is 0. The maximum atomic E-state index is 12.8. The van der Waals surface area contributed by atoms with Gasteiger partial charge in [0.25, 0.3) is 5.91 Å². The van der Waals surface area contributed by atoms with Crippen LogP contribution in [-0.4, -0.2) is 144 Å². The third-order valence-corrected chi connectivity index (χ3v) is 8.44. The molecule has 0 spiro atoms. The number of rotatable bonds is 30. The second-order valence-electron chi connectivity index (χ2n) is 12.1. The van der Waals surface area contributed by atoms with Crippen molar-refractivity contribution in [3.8, 4) is 0 Å². The van der Waals surface area contributed by atoms with Gasteiger partial charge in [0.15, 0.2) is 12.4 Å². The van der Waals surface area contributed by atoms with Crippen molar-refractivity contribution < 1.29 is 58.0 Å². The molecule has 18 nitrogen and oxygen atoms in total. The molecule has 1 fully saturated rings. The fraction of sp³-hybridized carbons (Fsp3) is 0.867. The molecule has 1 aliphatic heterocycles. The van der Waals surface area contributed by atoms with Gasteiger partial charge in [-0.25, -0.2) is 10.1 Å². The lowest BCUT2D eigenvalue weighted by molar-refractivity contribution is -0.237. The van der Waals surface area contributed by atoms with Crippen LogP contribution in [0, 0.1) is 0 Å². The number of aliphatic hydroxyl groups is 3. The van der Waals surface area contributed by atoms with Crippen LogP contribution in [0.2, 0.25) is 0 Å². The van der Waals surface area contributed by atoms with E-state index < -0.39 is 50.9 Å². The van der Waals surface area contributed by atoms with E-state index in [4.69, 9.17) is 25.6 Å². The number of nitrogens with one attached hydrogen (secondary N) is 2. The van der Waals surface area contributed by atoms with Crippen molar-refractivity contribution in [2.24, 2.45) is 11.2 Å². The van der Waals surface area contributed by atoms with Crippen LogP contribution in [0.3, 0.4) is 0 Å². The SMILES string of the molecule is NC1CC(O)C(CO)OC1OCCCCCCCCC(=O)NCCCN(CCCCN(C=O)CCCNC=O)C(=O)C(O)COP(N)(=O)O. The summed E-state index contributed by atoms with van der Waals surface area (Å²) in [6, 6.07) is -0.447. The van der Waals surface area contributed by atoms with Gasteiger partial charge in [0.05, 0.1) is 25.4 Å². The Kier molecular flexibility index (Phi) is 24.3. The zero-order chi connectivity index (χ0) is 36.5. The van der Waals surface area contributed by atoms with Crippen molar-refractivity contribution in [2.45, 2.75) is 108 Å². The third kappa shape index (κ3) is 21.5. The molecular formula is C30H59N6O12P. The maximum Gasteiger partial charge on any atom is 0.400 e. The normalized spacial score (nSPS) is 20.9. The van der Waals surface area contributed by atoms with Gasteiger partial charge in [0, 0.05) is 52.3 Å². The molecule has 0 aromatic heterocycles. The van der Waals surface area contributed by atoms with Crippen LogP contribution < -0.4 is 21.9 Å². The summed E-state index contributed by atoms with van der Waals surface area (Å²) < 4.78 is 26.9. The molecule has 10 N–H and O–H groups in total. The van der Waals surface area contributed by atoms with Gasteiger partial charge in [-0.15, -0.1) is 0 Å². The molecule has 19 heteroatoms. The molecule has 0 aromatic carbocycles. The average Bonchev–Trinajstić information content (AvgIpc) is 3.06. The van der Waals surface area contributed by atoms with Crippen molar-refractivity contribution in [1.82, 2.24) is 20.4 Å². The highest BCUT2D eigenvalue weighted by molar-refractivity contribution is 7.50. The third-order valence-electron chi connectivity index (χ3n) is 7.92. The number of aliphatic hydroxyl groups excluding tert-OH is 3. The molecule has 1 heterocycles. The Morgan fingerprint density at radius 3 is 2.29 bits per heavy atom. The molecule has 0 bridgehead atoms. The van der Waals surface area contributed by atoms with E-state index in [2.05, 4.69) is 15.2 Å². The highest BCUT2D eigenvalue weighted by atomic mass is 31.2. The van der Waals surface area contributed by atoms with Gasteiger partial charge in [0.1, 0.15) is 6.10 Å². The number of carbonyl (C=O) groups is 4. The fourth-order valence-corrected chi connectivity index (χ4v) is 5.54. The minimum Gasteiger partial charge on any atom is -0.394 e. The first-order valence-electron chi connectivity index (χ1n) is 17.1. The predicted octanol–water partition coefficient (Wildman–Crippen LogP) is -1.32. The Morgan fingerprint density at radius 1 is 0.980 bits per heavy atom. The number of hydrogen-bond acceptors (Lipinski definition) is 12. The molecule has 0 aromatic rings. The molecule has 0 saturated carbocycles. The highest BCUT2D eigenvalue weighted by Crippen LogP contribution is 2.31. The maximum absolute atomic E-state index is 12.8. The van der Waals surface area contributed by atoms with Gasteiger partial charge in [-0.05, 0) is 44.9 Å². The first-order valence-corrected chi connectivity index (χ1v) is 18.7. The molecule has 6 atom stereocenters. The van der Waals surface area contributed by atoms with E-state index in [1.54, 1.807) is 4.90 Å². The van der Waals surface area contributed by atoms with E-state index in [1.807, 2.05) is 0 Å². The number of hydrogen-bond donors (Lipinski definition) is 8. The molecule has 0 aliphatic carbocycles. The summed E-state index contributed by atoms with van der Waals surface area (Å²) in [5.74, 6) is -0.812. The summed E-state index contributed by atoms with van der Waals surface area (Å²) in [5.41, 5.74) is 10.9. The van der Waals surface area contributed by atoms with Crippen molar-refractivity contribution in [3.63, 3.8) is 0 Å². The number of ether oxygens (including phenoxy) is 2. The Balaban J connectivity index is 2.29. The topological polar surface area (TPSA) is 277 Å². The van der Waals surface area contributed by atoms with Crippen LogP contribution in [0.1, 0.15) is 77.0 Å². The summed E-state index contributed by atoms with van der Waals surface area (Å²) in [7, 11) is -4.38. The molecule has 286 valence electrons. The number of nitrogens with two attached hydrogens (primary N) is 2. The Labute approximate surface area is 288 Å². The molecule has 49 heavy (non-hydrogen) atoms. The van der Waals surface area contributed by atoms with Gasteiger partial charge in [0.2, 0.25) is 18.7 Å². The van der Waals surface area contributed by atoms with Crippen LogP contribution in [0.25, 0.3) is 0 Å². The second-order valence-corrected chi connectivity index (χ2v) is 13.5. The second kappa shape index (κ2) is 26.5. The van der Waals surface area contributed by atoms with E-state index in [9.17, 15) is 39.1 Å². The molecule has 0 radical (unpaired) electrons. The van der Waals surface area contributed by atoms with Crippen molar-refractivity contribution in [1.29, 1.82) is 0 Å². The van der Waals surface area contributed by atoms with Crippen LogP contribution >= 0.6 is 7.75 Å². The minimum absolute atomic E-state index is 0.103. The Bertz CT molecular complexity index is 980. The molecule has 4 amide bonds. The zero-order valence-corrected chi connectivity index (χ0v) is 29.3. The lowest BCUT2D eigenvalue weighted by atomic mass is 10.0. The molecule has 1 rings (SSSR count). The molecular weight excluding hydrogens is 667 g/mol. The molecule has 1 saturated heterocycles. The number of nitrogens with zero attached hydrogens (tertiary/aromatic N) is 2. The number of amides is 4. The van der Waals surface area contributed by atoms with Gasteiger partial charge in [-0.3, -0.25) is 23.7 Å². The van der Waals surface area contributed by atoms with E-state index in [1.165, 1.54) is 4.90 Å². The lowest BCUT2D eigenvalue weighted by Gasteiger charge is -2.36. The minimum atomic E-state index is -4.38. The van der Waals surface area contributed by atoms with E-state index in [0.717, 1.165) is 44.9 Å². The molecule has 6 unspecified atom stereocenters. The standard InChI is InChI=1S/C30H59N6O12P/c31-24-19-25(40)27(20-37)48-30(24)46-18-8-4-2-1-3-5-11-28(42)34-13-10-17-36(29(43)26(41)21-47-49(32,44)45)16-7-6-14-35(23-39)15-9-12-33-22-38/h22-27,30,37,40-41H,1-21,31H2,(H,33,38)(H,34,42)(H3,32,44,45). The van der Waals surface area contributed by atoms with E-state index in [0.29, 0.717) is 77.7 Å². The number of unbranched alkanes of at least 4 members (excludes halogenated alkanes) is 6. The fourth-order valence-electron chi connectivity index (χ4n) is 5.18. The van der Waals surface area contributed by atoms with E-state index in [-0.39, 0.29) is 25.6 Å². The van der Waals surface area contributed by atoms with Crippen LogP contribution in [0.15, 0.2) is 0 Å². The monoisotopic (exact) mass is 726 g/mol. The van der Waals surface area contributed by atoms with E-state index >= 15 is 0 Å². The average molecular weight is 727 g/mol. The molecule has 1 aliphatic rings. The summed E-state index contributed by atoms with van der Waals surface area (Å²) in [5, 5.41) is 34.7. The summed E-state index contributed by atoms with van der Waals surface area (Å²) in [6.07, 6.45) is 5.56. The van der Waals surface area contributed by atoms with Gasteiger partial charge >= 0.3 is 7.75 Å². The van der Waals surface area contributed by atoms with Crippen molar-refractivity contribution in [2.75, 3.05) is 59.1 Å².